The first-order valence-corrected chi connectivity index (χ1v) is 9.52. The summed E-state index contributed by atoms with van der Waals surface area (Å²) >= 11 is 0. The van der Waals surface area contributed by atoms with Gasteiger partial charge in [-0.3, -0.25) is 4.79 Å². The van der Waals surface area contributed by atoms with E-state index in [1.807, 2.05) is 29.4 Å². The van der Waals surface area contributed by atoms with Gasteiger partial charge in [0.15, 0.2) is 5.60 Å². The fraction of sp³-hybridized carbons (Fsp3) is 0.476. The molecule has 5 heteroatoms. The van der Waals surface area contributed by atoms with Gasteiger partial charge in [0.2, 0.25) is 5.91 Å². The van der Waals surface area contributed by atoms with Crippen LogP contribution in [0.2, 0.25) is 0 Å². The normalized spacial score (nSPS) is 24.5. The van der Waals surface area contributed by atoms with Crippen LogP contribution < -0.4 is 4.74 Å². The molecule has 0 radical (unpaired) electrons. The number of unbranched alkanes of at least 4 members (excludes halogenated alkanes) is 1. The van der Waals surface area contributed by atoms with Crippen LogP contribution in [0.4, 0.5) is 4.39 Å². The Bertz CT molecular complexity index is 789. The molecule has 4 rings (SSSR count). The van der Waals surface area contributed by atoms with Crippen molar-refractivity contribution in [2.45, 2.75) is 50.7 Å². The second-order valence-corrected chi connectivity index (χ2v) is 7.40. The molecule has 1 aromatic heterocycles. The van der Waals surface area contributed by atoms with E-state index < -0.39 is 5.60 Å². The molecule has 1 spiro atoms. The standard InChI is InChI=1S/C21H25FN2O2/c1-2-3-7-19(25)24-13-6-10-21(15-24)20(23-11-4-5-12-23)17-14-16(22)8-9-18(17)26-21/h4-5,8-9,11-12,14,20H,2-3,6-7,10,13,15H2,1H3. The number of hydrogen-bond donors (Lipinski definition) is 0. The highest BCUT2D eigenvalue weighted by Crippen LogP contribution is 2.49. The van der Waals surface area contributed by atoms with Crippen molar-refractivity contribution in [2.75, 3.05) is 13.1 Å². The van der Waals surface area contributed by atoms with Gasteiger partial charge in [-0.15, -0.1) is 0 Å². The van der Waals surface area contributed by atoms with Crippen molar-refractivity contribution < 1.29 is 13.9 Å². The van der Waals surface area contributed by atoms with E-state index in [4.69, 9.17) is 4.74 Å². The zero-order chi connectivity index (χ0) is 18.1. The molecule has 0 bridgehead atoms. The van der Waals surface area contributed by atoms with Crippen molar-refractivity contribution in [1.29, 1.82) is 0 Å². The smallest absolute Gasteiger partial charge is 0.222 e. The molecule has 2 aromatic rings. The number of benzene rings is 1. The lowest BCUT2D eigenvalue weighted by molar-refractivity contribution is -0.137. The highest BCUT2D eigenvalue weighted by molar-refractivity contribution is 5.76. The van der Waals surface area contributed by atoms with Gasteiger partial charge >= 0.3 is 0 Å². The zero-order valence-electron chi connectivity index (χ0n) is 15.2. The molecular weight excluding hydrogens is 331 g/mol. The summed E-state index contributed by atoms with van der Waals surface area (Å²) in [6, 6.07) is 8.55. The van der Waals surface area contributed by atoms with Gasteiger partial charge in [0.25, 0.3) is 0 Å². The monoisotopic (exact) mass is 356 g/mol. The van der Waals surface area contributed by atoms with E-state index in [1.54, 1.807) is 12.1 Å². The van der Waals surface area contributed by atoms with Crippen molar-refractivity contribution in [2.24, 2.45) is 0 Å². The van der Waals surface area contributed by atoms with Crippen molar-refractivity contribution >= 4 is 5.91 Å². The van der Waals surface area contributed by atoms with Crippen LogP contribution in [0.25, 0.3) is 0 Å². The predicted octanol–water partition coefficient (Wildman–Crippen LogP) is 4.16. The lowest BCUT2D eigenvalue weighted by atomic mass is 9.83. The summed E-state index contributed by atoms with van der Waals surface area (Å²) in [4.78, 5) is 14.6. The lowest BCUT2D eigenvalue weighted by Crippen LogP contribution is -2.55. The van der Waals surface area contributed by atoms with Crippen molar-refractivity contribution in [3.63, 3.8) is 0 Å². The number of fused-ring (bicyclic) bond motifs is 1. The highest BCUT2D eigenvalue weighted by atomic mass is 19.1. The van der Waals surface area contributed by atoms with Crippen LogP contribution in [0.5, 0.6) is 5.75 Å². The van der Waals surface area contributed by atoms with Crippen LogP contribution in [-0.2, 0) is 4.79 Å². The van der Waals surface area contributed by atoms with E-state index in [-0.39, 0.29) is 17.8 Å². The van der Waals surface area contributed by atoms with Crippen LogP contribution >= 0.6 is 0 Å². The Labute approximate surface area is 153 Å². The molecule has 0 aliphatic carbocycles. The molecule has 0 N–H and O–H groups in total. The minimum absolute atomic E-state index is 0.120. The maximum absolute atomic E-state index is 13.9. The van der Waals surface area contributed by atoms with Crippen molar-refractivity contribution in [1.82, 2.24) is 9.47 Å². The Hall–Kier alpha value is -2.30. The van der Waals surface area contributed by atoms with Gasteiger partial charge in [-0.2, -0.15) is 0 Å². The van der Waals surface area contributed by atoms with Gasteiger partial charge in [0, 0.05) is 30.9 Å². The van der Waals surface area contributed by atoms with E-state index in [1.165, 1.54) is 6.07 Å². The van der Waals surface area contributed by atoms with Gasteiger partial charge in [-0.1, -0.05) is 13.3 Å². The number of aromatic nitrogens is 1. The topological polar surface area (TPSA) is 34.5 Å². The summed E-state index contributed by atoms with van der Waals surface area (Å²) in [5.74, 6) is 0.670. The second kappa shape index (κ2) is 6.78. The number of amides is 1. The van der Waals surface area contributed by atoms with Gasteiger partial charge in [-0.25, -0.2) is 4.39 Å². The van der Waals surface area contributed by atoms with E-state index in [9.17, 15) is 9.18 Å². The SMILES string of the molecule is CCCCC(=O)N1CCCC2(C1)Oc1ccc(F)cc1C2n1cccc1. The molecule has 26 heavy (non-hydrogen) atoms. The number of hydrogen-bond acceptors (Lipinski definition) is 2. The Morgan fingerprint density at radius 2 is 2.15 bits per heavy atom. The van der Waals surface area contributed by atoms with Gasteiger partial charge in [0.1, 0.15) is 17.6 Å². The molecule has 4 nitrogen and oxygen atoms in total. The number of nitrogens with zero attached hydrogens (tertiary/aromatic N) is 2. The van der Waals surface area contributed by atoms with Crippen LogP contribution in [0.3, 0.4) is 0 Å². The molecule has 1 fully saturated rings. The minimum Gasteiger partial charge on any atom is -0.483 e. The number of rotatable bonds is 4. The highest BCUT2D eigenvalue weighted by Gasteiger charge is 2.52. The Morgan fingerprint density at radius 3 is 2.92 bits per heavy atom. The number of piperidine rings is 1. The summed E-state index contributed by atoms with van der Waals surface area (Å²) in [7, 11) is 0. The molecular formula is C21H25FN2O2. The lowest BCUT2D eigenvalue weighted by Gasteiger charge is -2.43. The summed E-state index contributed by atoms with van der Waals surface area (Å²) in [6.07, 6.45) is 8.24. The number of carbonyl (C=O) groups excluding carboxylic acids is 1. The van der Waals surface area contributed by atoms with Crippen LogP contribution in [-0.4, -0.2) is 34.1 Å². The van der Waals surface area contributed by atoms with E-state index >= 15 is 0 Å². The number of halogens is 1. The third-order valence-corrected chi connectivity index (χ3v) is 5.59. The number of carbonyl (C=O) groups is 1. The van der Waals surface area contributed by atoms with Gasteiger partial charge in [0.05, 0.1) is 6.54 Å². The molecule has 2 unspecified atom stereocenters. The molecule has 2 atom stereocenters. The average Bonchev–Trinajstić information content (AvgIpc) is 3.25. The first kappa shape index (κ1) is 17.1. The Morgan fingerprint density at radius 1 is 1.35 bits per heavy atom. The van der Waals surface area contributed by atoms with Crippen LogP contribution in [0, 0.1) is 5.82 Å². The molecule has 2 aliphatic heterocycles. The third kappa shape index (κ3) is 2.89. The molecule has 0 saturated carbocycles. The first-order valence-electron chi connectivity index (χ1n) is 9.52. The molecule has 1 aromatic carbocycles. The summed E-state index contributed by atoms with van der Waals surface area (Å²) in [6.45, 7) is 3.42. The summed E-state index contributed by atoms with van der Waals surface area (Å²) in [5, 5.41) is 0. The maximum Gasteiger partial charge on any atom is 0.222 e. The molecule has 3 heterocycles. The predicted molar refractivity (Wildman–Crippen MR) is 97.7 cm³/mol. The fourth-order valence-electron chi connectivity index (χ4n) is 4.39. The largest absolute Gasteiger partial charge is 0.483 e. The van der Waals surface area contributed by atoms with Gasteiger partial charge in [-0.05, 0) is 49.6 Å². The molecule has 138 valence electrons. The fourth-order valence-corrected chi connectivity index (χ4v) is 4.39. The second-order valence-electron chi connectivity index (χ2n) is 7.40. The number of likely N-dealkylation sites (tertiary alicyclic amines) is 1. The van der Waals surface area contributed by atoms with Crippen molar-refractivity contribution in [3.8, 4) is 5.75 Å². The quantitative estimate of drug-likeness (QED) is 0.824. The Kier molecular flexibility index (Phi) is 4.47. The van der Waals surface area contributed by atoms with E-state index in [0.717, 1.165) is 43.5 Å². The molecule has 2 aliphatic rings. The summed E-state index contributed by atoms with van der Waals surface area (Å²) in [5.41, 5.74) is 0.332. The minimum atomic E-state index is -0.532. The molecule has 1 amide bonds. The first-order chi connectivity index (χ1) is 12.6. The van der Waals surface area contributed by atoms with Crippen molar-refractivity contribution in [3.05, 3.63) is 54.1 Å². The summed E-state index contributed by atoms with van der Waals surface area (Å²) < 4.78 is 22.5. The average molecular weight is 356 g/mol. The third-order valence-electron chi connectivity index (χ3n) is 5.59. The maximum atomic E-state index is 13.9. The van der Waals surface area contributed by atoms with Gasteiger partial charge < -0.3 is 14.2 Å². The van der Waals surface area contributed by atoms with Crippen LogP contribution in [0.15, 0.2) is 42.7 Å². The Balaban J connectivity index is 1.69. The number of ether oxygens (including phenoxy) is 1. The van der Waals surface area contributed by atoms with Crippen LogP contribution in [0.1, 0.15) is 50.6 Å². The van der Waals surface area contributed by atoms with E-state index in [2.05, 4.69) is 11.5 Å². The zero-order valence-corrected chi connectivity index (χ0v) is 15.2. The molecule has 1 saturated heterocycles. The van der Waals surface area contributed by atoms with E-state index in [0.29, 0.717) is 13.0 Å².